The summed E-state index contributed by atoms with van der Waals surface area (Å²) in [4.78, 5) is 0. The third kappa shape index (κ3) is 2.51. The molecule has 0 aromatic heterocycles. The van der Waals surface area contributed by atoms with E-state index in [1.54, 1.807) is 6.08 Å². The van der Waals surface area contributed by atoms with Gasteiger partial charge in [0.15, 0.2) is 0 Å². The lowest BCUT2D eigenvalue weighted by Gasteiger charge is -2.00. The molecule has 1 fully saturated rings. The van der Waals surface area contributed by atoms with Gasteiger partial charge in [-0.15, -0.1) is 0 Å². The van der Waals surface area contributed by atoms with Gasteiger partial charge in [0, 0.05) is 0 Å². The van der Waals surface area contributed by atoms with E-state index in [9.17, 15) is 0 Å². The summed E-state index contributed by atoms with van der Waals surface area (Å²) in [7, 11) is 0. The number of rotatable bonds is 2. The van der Waals surface area contributed by atoms with E-state index in [2.05, 4.69) is 13.0 Å². The van der Waals surface area contributed by atoms with E-state index in [0.29, 0.717) is 0 Å². The van der Waals surface area contributed by atoms with Crippen LogP contribution in [0.3, 0.4) is 0 Å². The Kier molecular flexibility index (Phi) is 3.37. The highest BCUT2D eigenvalue weighted by Crippen LogP contribution is 2.29. The zero-order chi connectivity index (χ0) is 8.10. The molecular weight excluding hydrogens is 136 g/mol. The Morgan fingerprint density at radius 1 is 1.64 bits per heavy atom. The van der Waals surface area contributed by atoms with Gasteiger partial charge >= 0.3 is 0 Å². The van der Waals surface area contributed by atoms with Gasteiger partial charge in [0.1, 0.15) is 0 Å². The van der Waals surface area contributed by atoms with Crippen LogP contribution in [0.1, 0.15) is 26.2 Å². The zero-order valence-electron chi connectivity index (χ0n) is 7.09. The Morgan fingerprint density at radius 2 is 2.45 bits per heavy atom. The number of allylic oxidation sites excluding steroid dienone is 3. The Balaban J connectivity index is 2.44. The molecule has 1 heteroatoms. The molecule has 1 N–H and O–H groups in total. The van der Waals surface area contributed by atoms with Gasteiger partial charge in [0.2, 0.25) is 0 Å². The van der Waals surface area contributed by atoms with E-state index < -0.39 is 0 Å². The minimum absolute atomic E-state index is 0.151. The van der Waals surface area contributed by atoms with Crippen LogP contribution in [-0.2, 0) is 0 Å². The predicted molar refractivity (Wildman–Crippen MR) is 47.3 cm³/mol. The van der Waals surface area contributed by atoms with Gasteiger partial charge in [-0.25, -0.2) is 0 Å². The van der Waals surface area contributed by atoms with Gasteiger partial charge in [0.05, 0.1) is 6.61 Å². The Bertz CT molecular complexity index is 168. The van der Waals surface area contributed by atoms with Gasteiger partial charge in [-0.2, -0.15) is 0 Å². The molecule has 0 aromatic carbocycles. The molecule has 1 aliphatic carbocycles. The minimum atomic E-state index is 0.151. The summed E-state index contributed by atoms with van der Waals surface area (Å²) in [6.07, 6.45) is 9.79. The van der Waals surface area contributed by atoms with Crippen LogP contribution in [0.5, 0.6) is 0 Å². The molecule has 0 aromatic rings. The van der Waals surface area contributed by atoms with E-state index in [1.165, 1.54) is 24.8 Å². The van der Waals surface area contributed by atoms with Crippen molar-refractivity contribution in [1.82, 2.24) is 0 Å². The van der Waals surface area contributed by atoms with Crippen molar-refractivity contribution in [2.75, 3.05) is 6.61 Å². The smallest absolute Gasteiger partial charge is 0.0615 e. The summed E-state index contributed by atoms with van der Waals surface area (Å²) in [6.45, 7) is 2.42. The lowest BCUT2D eigenvalue weighted by atomic mass is 10.1. The molecule has 1 aliphatic rings. The monoisotopic (exact) mass is 152 g/mol. The fourth-order valence-electron chi connectivity index (χ4n) is 1.54. The second-order valence-electron chi connectivity index (χ2n) is 3.15. The molecule has 0 unspecified atom stereocenters. The largest absolute Gasteiger partial charge is 0.392 e. The first kappa shape index (κ1) is 8.54. The summed E-state index contributed by atoms with van der Waals surface area (Å²) < 4.78 is 0. The second kappa shape index (κ2) is 4.35. The van der Waals surface area contributed by atoms with Crippen LogP contribution in [0.2, 0.25) is 0 Å². The average molecular weight is 152 g/mol. The highest BCUT2D eigenvalue weighted by molar-refractivity contribution is 5.17. The van der Waals surface area contributed by atoms with Crippen molar-refractivity contribution < 1.29 is 5.11 Å². The first-order valence-electron chi connectivity index (χ1n) is 4.31. The Labute approximate surface area is 68.4 Å². The van der Waals surface area contributed by atoms with Crippen molar-refractivity contribution in [1.29, 1.82) is 0 Å². The maximum absolute atomic E-state index is 8.49. The van der Waals surface area contributed by atoms with Crippen LogP contribution in [-0.4, -0.2) is 11.7 Å². The third-order valence-electron chi connectivity index (χ3n) is 2.29. The molecule has 1 atom stereocenters. The summed E-state index contributed by atoms with van der Waals surface area (Å²) in [6, 6.07) is 0. The van der Waals surface area contributed by atoms with Crippen LogP contribution < -0.4 is 0 Å². The predicted octanol–water partition coefficient (Wildman–Crippen LogP) is 2.28. The molecule has 0 amide bonds. The van der Waals surface area contributed by atoms with Gasteiger partial charge in [-0.1, -0.05) is 30.7 Å². The summed E-state index contributed by atoms with van der Waals surface area (Å²) in [5, 5.41) is 8.49. The van der Waals surface area contributed by atoms with Crippen LogP contribution in [0, 0.1) is 5.92 Å². The lowest BCUT2D eigenvalue weighted by molar-refractivity contribution is 0.343. The van der Waals surface area contributed by atoms with E-state index in [0.717, 1.165) is 5.92 Å². The topological polar surface area (TPSA) is 20.2 Å². The van der Waals surface area contributed by atoms with Crippen molar-refractivity contribution in [2.24, 2.45) is 5.92 Å². The molecular formula is C10H16O. The highest BCUT2D eigenvalue weighted by atomic mass is 16.2. The SMILES string of the molecule is C[C@H]1CCC/C1=C\C=C\CO. The molecule has 0 aliphatic heterocycles. The molecule has 1 rings (SSSR count). The summed E-state index contributed by atoms with van der Waals surface area (Å²) in [5.41, 5.74) is 1.54. The third-order valence-corrected chi connectivity index (χ3v) is 2.29. The van der Waals surface area contributed by atoms with Gasteiger partial charge in [-0.05, 0) is 25.2 Å². The molecule has 1 saturated carbocycles. The fraction of sp³-hybridized carbons (Fsp3) is 0.600. The molecule has 11 heavy (non-hydrogen) atoms. The lowest BCUT2D eigenvalue weighted by Crippen LogP contribution is -1.86. The molecule has 0 heterocycles. The quantitative estimate of drug-likeness (QED) is 0.643. The van der Waals surface area contributed by atoms with Crippen LogP contribution >= 0.6 is 0 Å². The summed E-state index contributed by atoms with van der Waals surface area (Å²) in [5.74, 6) is 0.762. The first-order valence-corrected chi connectivity index (χ1v) is 4.31. The van der Waals surface area contributed by atoms with E-state index in [1.807, 2.05) is 6.08 Å². The van der Waals surface area contributed by atoms with Crippen LogP contribution in [0.25, 0.3) is 0 Å². The van der Waals surface area contributed by atoms with E-state index in [4.69, 9.17) is 5.11 Å². The number of aliphatic hydroxyl groups excluding tert-OH is 1. The Morgan fingerprint density at radius 3 is 3.00 bits per heavy atom. The van der Waals surface area contributed by atoms with Crippen molar-refractivity contribution in [3.8, 4) is 0 Å². The minimum Gasteiger partial charge on any atom is -0.392 e. The van der Waals surface area contributed by atoms with Crippen molar-refractivity contribution in [3.05, 3.63) is 23.8 Å². The maximum Gasteiger partial charge on any atom is 0.0615 e. The maximum atomic E-state index is 8.49. The van der Waals surface area contributed by atoms with E-state index >= 15 is 0 Å². The molecule has 0 bridgehead atoms. The second-order valence-corrected chi connectivity index (χ2v) is 3.15. The van der Waals surface area contributed by atoms with Crippen LogP contribution in [0.15, 0.2) is 23.8 Å². The zero-order valence-corrected chi connectivity index (χ0v) is 7.09. The molecule has 0 radical (unpaired) electrons. The Hall–Kier alpha value is -0.560. The van der Waals surface area contributed by atoms with Gasteiger partial charge in [-0.3, -0.25) is 0 Å². The van der Waals surface area contributed by atoms with Crippen molar-refractivity contribution >= 4 is 0 Å². The average Bonchev–Trinajstić information content (AvgIpc) is 2.37. The highest BCUT2D eigenvalue weighted by Gasteiger charge is 2.14. The summed E-state index contributed by atoms with van der Waals surface area (Å²) >= 11 is 0. The molecule has 62 valence electrons. The number of aliphatic hydroxyl groups is 1. The van der Waals surface area contributed by atoms with Gasteiger partial charge in [0.25, 0.3) is 0 Å². The number of hydrogen-bond acceptors (Lipinski definition) is 1. The standard InChI is InChI=1S/C10H16O/c1-9-5-4-7-10(9)6-2-3-8-11/h2-3,6,9,11H,4-5,7-8H2,1H3/b3-2+,10-6+/t9-/m0/s1. The molecule has 1 nitrogen and oxygen atoms in total. The molecule has 0 saturated heterocycles. The van der Waals surface area contributed by atoms with Crippen molar-refractivity contribution in [2.45, 2.75) is 26.2 Å². The van der Waals surface area contributed by atoms with E-state index in [-0.39, 0.29) is 6.61 Å². The normalized spacial score (nSPS) is 28.9. The van der Waals surface area contributed by atoms with Gasteiger partial charge < -0.3 is 5.11 Å². The van der Waals surface area contributed by atoms with Crippen molar-refractivity contribution in [3.63, 3.8) is 0 Å². The first-order chi connectivity index (χ1) is 5.34. The fourth-order valence-corrected chi connectivity index (χ4v) is 1.54. The molecule has 0 spiro atoms. The van der Waals surface area contributed by atoms with Crippen LogP contribution in [0.4, 0.5) is 0 Å². The number of hydrogen-bond donors (Lipinski definition) is 1.